The Morgan fingerprint density at radius 1 is 0.800 bits per heavy atom. The summed E-state index contributed by atoms with van der Waals surface area (Å²) in [6, 6.07) is 0. The molecule has 20 heavy (non-hydrogen) atoms. The molecule has 2 saturated carbocycles. The monoisotopic (exact) mass is 298 g/mol. The fourth-order valence-electron chi connectivity index (χ4n) is 5.21. The molecule has 2 aliphatic rings. The Morgan fingerprint density at radius 3 is 1.85 bits per heavy atom. The van der Waals surface area contributed by atoms with Gasteiger partial charge in [0.15, 0.2) is 0 Å². The van der Waals surface area contributed by atoms with Crippen molar-refractivity contribution < 1.29 is 8.85 Å². The molecule has 0 heterocycles. The lowest BCUT2D eigenvalue weighted by Crippen LogP contribution is -2.53. The third-order valence-electron chi connectivity index (χ3n) is 6.01. The van der Waals surface area contributed by atoms with Crippen molar-refractivity contribution >= 4 is 8.56 Å². The summed E-state index contributed by atoms with van der Waals surface area (Å²) in [5.41, 5.74) is 1.40. The number of hydrogen-bond donors (Lipinski definition) is 0. The molecule has 118 valence electrons. The first kappa shape index (κ1) is 16.5. The lowest BCUT2D eigenvalue weighted by molar-refractivity contribution is 0.161. The van der Waals surface area contributed by atoms with Crippen LogP contribution in [0.25, 0.3) is 0 Å². The molecule has 0 N–H and O–H groups in total. The van der Waals surface area contributed by atoms with Gasteiger partial charge in [-0.2, -0.15) is 0 Å². The molecule has 2 rings (SSSR count). The normalized spacial score (nSPS) is 39.8. The Bertz CT molecular complexity index is 293. The summed E-state index contributed by atoms with van der Waals surface area (Å²) in [6.07, 6.45) is 9.48. The summed E-state index contributed by atoms with van der Waals surface area (Å²) in [7, 11) is 1.77. The summed E-state index contributed by atoms with van der Waals surface area (Å²) < 4.78 is 12.5. The van der Waals surface area contributed by atoms with E-state index >= 15 is 0 Å². The van der Waals surface area contributed by atoms with Crippen LogP contribution in [-0.4, -0.2) is 22.8 Å². The van der Waals surface area contributed by atoms with Crippen molar-refractivity contribution in [2.45, 2.75) is 76.8 Å². The standard InChI is InChI=1S/C17H34O2Si/c1-13-10-14(2)12-16(11-13)20(18-4,19-5)17-9-7-6-8-15(17)3/h13-17H,6-12H2,1-5H3. The Labute approximate surface area is 126 Å². The smallest absolute Gasteiger partial charge is 0.344 e. The first-order valence-corrected chi connectivity index (χ1v) is 10.6. The van der Waals surface area contributed by atoms with Gasteiger partial charge in [0.05, 0.1) is 0 Å². The van der Waals surface area contributed by atoms with Gasteiger partial charge in [0.2, 0.25) is 0 Å². The van der Waals surface area contributed by atoms with Crippen molar-refractivity contribution in [2.75, 3.05) is 14.2 Å². The van der Waals surface area contributed by atoms with Crippen LogP contribution in [0.3, 0.4) is 0 Å². The highest BCUT2D eigenvalue weighted by atomic mass is 28.4. The fourth-order valence-corrected chi connectivity index (χ4v) is 10.3. The van der Waals surface area contributed by atoms with E-state index in [0.29, 0.717) is 11.1 Å². The van der Waals surface area contributed by atoms with E-state index in [4.69, 9.17) is 8.85 Å². The Balaban J connectivity index is 2.23. The summed E-state index contributed by atoms with van der Waals surface area (Å²) in [4.78, 5) is 0. The fraction of sp³-hybridized carbons (Fsp3) is 1.00. The first-order valence-electron chi connectivity index (χ1n) is 8.63. The Hall–Kier alpha value is 0.137. The lowest BCUT2D eigenvalue weighted by atomic mass is 9.83. The molecular formula is C17H34O2Si. The van der Waals surface area contributed by atoms with Gasteiger partial charge in [-0.15, -0.1) is 0 Å². The van der Waals surface area contributed by atoms with E-state index in [1.54, 1.807) is 0 Å². The van der Waals surface area contributed by atoms with Gasteiger partial charge in [0, 0.05) is 25.3 Å². The molecule has 0 bridgehead atoms. The predicted molar refractivity (Wildman–Crippen MR) is 87.1 cm³/mol. The SMILES string of the molecule is CO[Si](OC)(C1CC(C)CC(C)C1)C1CCCCC1C. The molecule has 2 fully saturated rings. The molecule has 0 spiro atoms. The molecule has 4 unspecified atom stereocenters. The highest BCUT2D eigenvalue weighted by molar-refractivity contribution is 6.70. The molecule has 4 atom stereocenters. The van der Waals surface area contributed by atoms with Gasteiger partial charge in [0.25, 0.3) is 0 Å². The summed E-state index contributed by atoms with van der Waals surface area (Å²) >= 11 is 0. The molecule has 0 saturated heterocycles. The number of rotatable bonds is 4. The molecule has 2 aliphatic carbocycles. The second kappa shape index (κ2) is 6.93. The molecule has 0 aromatic rings. The van der Waals surface area contributed by atoms with Crippen molar-refractivity contribution in [3.05, 3.63) is 0 Å². The van der Waals surface area contributed by atoms with E-state index in [0.717, 1.165) is 17.8 Å². The van der Waals surface area contributed by atoms with E-state index in [-0.39, 0.29) is 0 Å². The topological polar surface area (TPSA) is 18.5 Å². The quantitative estimate of drug-likeness (QED) is 0.670. The average molecular weight is 299 g/mol. The predicted octanol–water partition coefficient (Wildman–Crippen LogP) is 5.13. The maximum atomic E-state index is 6.25. The van der Waals surface area contributed by atoms with Gasteiger partial charge in [-0.05, 0) is 43.4 Å². The lowest BCUT2D eigenvalue weighted by Gasteiger charge is -2.48. The third kappa shape index (κ3) is 3.15. The van der Waals surface area contributed by atoms with Crippen LogP contribution in [0.4, 0.5) is 0 Å². The summed E-state index contributed by atoms with van der Waals surface area (Å²) in [6.45, 7) is 7.26. The number of hydrogen-bond acceptors (Lipinski definition) is 2. The second-order valence-electron chi connectivity index (χ2n) is 7.61. The van der Waals surface area contributed by atoms with E-state index in [1.165, 1.54) is 44.9 Å². The van der Waals surface area contributed by atoms with Crippen molar-refractivity contribution in [1.29, 1.82) is 0 Å². The molecule has 0 radical (unpaired) electrons. The largest absolute Gasteiger partial charge is 0.397 e. The van der Waals surface area contributed by atoms with E-state index in [2.05, 4.69) is 20.8 Å². The maximum Gasteiger partial charge on any atom is 0.344 e. The molecule has 0 aliphatic heterocycles. The van der Waals surface area contributed by atoms with Crippen LogP contribution in [0.1, 0.15) is 65.7 Å². The maximum absolute atomic E-state index is 6.25. The zero-order valence-electron chi connectivity index (χ0n) is 14.2. The van der Waals surface area contributed by atoms with Crippen LogP contribution in [0.5, 0.6) is 0 Å². The average Bonchev–Trinajstić information content (AvgIpc) is 2.41. The minimum atomic E-state index is -2.09. The van der Waals surface area contributed by atoms with Crippen LogP contribution in [0.2, 0.25) is 11.1 Å². The van der Waals surface area contributed by atoms with Crippen LogP contribution in [-0.2, 0) is 8.85 Å². The molecule has 0 amide bonds. The highest BCUT2D eigenvalue weighted by Gasteiger charge is 2.54. The van der Waals surface area contributed by atoms with Gasteiger partial charge in [0.1, 0.15) is 0 Å². The van der Waals surface area contributed by atoms with Gasteiger partial charge < -0.3 is 8.85 Å². The Morgan fingerprint density at radius 2 is 1.35 bits per heavy atom. The van der Waals surface area contributed by atoms with Crippen LogP contribution in [0, 0.1) is 17.8 Å². The molecule has 2 nitrogen and oxygen atoms in total. The van der Waals surface area contributed by atoms with Crippen LogP contribution < -0.4 is 0 Å². The van der Waals surface area contributed by atoms with Crippen molar-refractivity contribution in [3.63, 3.8) is 0 Å². The highest BCUT2D eigenvalue weighted by Crippen LogP contribution is 2.52. The Kier molecular flexibility index (Phi) is 5.72. The summed E-state index contributed by atoms with van der Waals surface area (Å²) in [5.74, 6) is 2.45. The minimum Gasteiger partial charge on any atom is -0.397 e. The minimum absolute atomic E-state index is 0.696. The van der Waals surface area contributed by atoms with Crippen LogP contribution >= 0.6 is 0 Å². The van der Waals surface area contributed by atoms with E-state index < -0.39 is 8.56 Å². The van der Waals surface area contributed by atoms with Gasteiger partial charge >= 0.3 is 8.56 Å². The van der Waals surface area contributed by atoms with E-state index in [9.17, 15) is 0 Å². The molecular weight excluding hydrogens is 264 g/mol. The molecule has 0 aromatic heterocycles. The van der Waals surface area contributed by atoms with Crippen molar-refractivity contribution in [2.24, 2.45) is 17.8 Å². The van der Waals surface area contributed by atoms with Gasteiger partial charge in [-0.1, -0.05) is 40.0 Å². The third-order valence-corrected chi connectivity index (χ3v) is 10.8. The molecule has 3 heteroatoms. The first-order chi connectivity index (χ1) is 9.53. The van der Waals surface area contributed by atoms with Gasteiger partial charge in [-0.3, -0.25) is 0 Å². The molecule has 0 aromatic carbocycles. The second-order valence-corrected chi connectivity index (χ2v) is 11.4. The van der Waals surface area contributed by atoms with Gasteiger partial charge in [-0.25, -0.2) is 0 Å². The van der Waals surface area contributed by atoms with E-state index in [1.807, 2.05) is 14.2 Å². The van der Waals surface area contributed by atoms with Crippen LogP contribution in [0.15, 0.2) is 0 Å². The van der Waals surface area contributed by atoms with Crippen molar-refractivity contribution in [1.82, 2.24) is 0 Å². The zero-order valence-corrected chi connectivity index (χ0v) is 15.2. The van der Waals surface area contributed by atoms with Crippen molar-refractivity contribution in [3.8, 4) is 0 Å². The zero-order chi connectivity index (χ0) is 14.8. The summed E-state index contributed by atoms with van der Waals surface area (Å²) in [5, 5.41) is 0.